The van der Waals surface area contributed by atoms with Crippen molar-refractivity contribution in [2.75, 3.05) is 11.6 Å². The Bertz CT molecular complexity index is 1790. The summed E-state index contributed by atoms with van der Waals surface area (Å²) in [7, 11) is -3.75. The van der Waals surface area contributed by atoms with E-state index in [2.05, 4.69) is 49.4 Å². The van der Waals surface area contributed by atoms with Crippen LogP contribution in [0.2, 0.25) is 5.15 Å². The van der Waals surface area contributed by atoms with Gasteiger partial charge in [-0.3, -0.25) is 20.0 Å². The summed E-state index contributed by atoms with van der Waals surface area (Å²) < 4.78 is 33.9. The molecule has 4 rings (SSSR count). The van der Waals surface area contributed by atoms with Crippen LogP contribution in [-0.4, -0.2) is 34.4 Å². The molecule has 0 fully saturated rings. The number of nitrogens with zero attached hydrogens (tertiary/aromatic N) is 5. The van der Waals surface area contributed by atoms with E-state index >= 15 is 0 Å². The summed E-state index contributed by atoms with van der Waals surface area (Å²) in [5.41, 5.74) is 1.37. The number of hydrogen-bond acceptors (Lipinski definition) is 16. The van der Waals surface area contributed by atoms with Crippen LogP contribution in [0.5, 0.6) is 0 Å². The van der Waals surface area contributed by atoms with E-state index in [9.17, 15) is 23.7 Å². The first-order chi connectivity index (χ1) is 20.0. The summed E-state index contributed by atoms with van der Waals surface area (Å²) in [5, 5.41) is 40.9. The standard InChI is InChI=1S/C22H20ClN7O9S3.2Na/c1-11-19(23)25-22(42(3,34)35)26-20(11)24-13-4-9-16(17(10-13)41-39-37-33)27-28-18-12(2)29-30(21(18)31)14-5-7-15(8-6-14)40-38-36-32;;/h4-10,29,32-33H,1-3H3,(H,24,25,26);;/q;2*+1/p-2. The molecule has 0 atom stereocenters. The van der Waals surface area contributed by atoms with Crippen molar-refractivity contribution in [3.8, 4) is 5.69 Å². The molecule has 0 unspecified atom stereocenters. The number of nitrogens with one attached hydrogen (secondary N) is 2. The molecule has 0 radical (unpaired) electrons. The van der Waals surface area contributed by atoms with Gasteiger partial charge in [0.1, 0.15) is 16.7 Å². The molecule has 0 amide bonds. The smallest absolute Gasteiger partial charge is 0.691 e. The van der Waals surface area contributed by atoms with Crippen LogP contribution in [0.1, 0.15) is 11.3 Å². The predicted octanol–water partition coefficient (Wildman–Crippen LogP) is -2.74. The van der Waals surface area contributed by atoms with Gasteiger partial charge in [-0.25, -0.2) is 23.1 Å². The summed E-state index contributed by atoms with van der Waals surface area (Å²) in [6, 6.07) is 11.0. The van der Waals surface area contributed by atoms with Crippen molar-refractivity contribution in [1.29, 1.82) is 0 Å². The molecule has 22 heteroatoms. The van der Waals surface area contributed by atoms with Gasteiger partial charge in [0.05, 0.1) is 40.4 Å². The van der Waals surface area contributed by atoms with E-state index in [0.29, 0.717) is 51.6 Å². The van der Waals surface area contributed by atoms with Crippen LogP contribution in [0.4, 0.5) is 22.9 Å². The summed E-state index contributed by atoms with van der Waals surface area (Å²) in [4.78, 5) is 21.7. The largest absolute Gasteiger partial charge is 1.00 e. The van der Waals surface area contributed by atoms with Gasteiger partial charge in [0.15, 0.2) is 5.69 Å². The first kappa shape index (κ1) is 38.8. The molecule has 0 saturated carbocycles. The number of sulfone groups is 1. The fourth-order valence-corrected chi connectivity index (χ4v) is 4.89. The maximum atomic E-state index is 13.1. The van der Waals surface area contributed by atoms with Crippen LogP contribution in [0.15, 0.2) is 72.4 Å². The van der Waals surface area contributed by atoms with Gasteiger partial charge in [0.2, 0.25) is 15.0 Å². The molecule has 2 heterocycles. The second-order valence-electron chi connectivity index (χ2n) is 8.21. The van der Waals surface area contributed by atoms with Crippen molar-refractivity contribution in [2.45, 2.75) is 28.8 Å². The molecule has 0 bridgehead atoms. The first-order valence-corrected chi connectivity index (χ1v) is 15.0. The number of azo groups is 1. The molecular weight excluding hydrogens is 684 g/mol. The Morgan fingerprint density at radius 2 is 1.66 bits per heavy atom. The third kappa shape index (κ3) is 9.82. The van der Waals surface area contributed by atoms with Crippen LogP contribution >= 0.6 is 35.7 Å². The quantitative estimate of drug-likeness (QED) is 0.0291. The van der Waals surface area contributed by atoms with Crippen molar-refractivity contribution >= 4 is 68.4 Å². The number of hydrogen-bond donors (Lipinski definition) is 2. The Labute approximate surface area is 307 Å². The molecule has 0 aliphatic heterocycles. The Morgan fingerprint density at radius 3 is 2.30 bits per heavy atom. The normalized spacial score (nSPS) is 11.3. The minimum Gasteiger partial charge on any atom is -0.691 e. The van der Waals surface area contributed by atoms with Crippen LogP contribution in [0, 0.1) is 13.8 Å². The predicted molar refractivity (Wildman–Crippen MR) is 146 cm³/mol. The Hall–Kier alpha value is -1.37. The fraction of sp³-hybridized carbons (Fsp3) is 0.136. The maximum absolute atomic E-state index is 13.1. The van der Waals surface area contributed by atoms with Gasteiger partial charge in [-0.1, -0.05) is 11.6 Å². The molecule has 222 valence electrons. The maximum Gasteiger partial charge on any atom is 1.00 e. The number of H-pyrrole nitrogens is 1. The van der Waals surface area contributed by atoms with Crippen molar-refractivity contribution in [2.24, 2.45) is 10.2 Å². The summed E-state index contributed by atoms with van der Waals surface area (Å²) in [6.45, 7) is 3.23. The van der Waals surface area contributed by atoms with Crippen LogP contribution < -0.4 is 80.5 Å². The van der Waals surface area contributed by atoms with Gasteiger partial charge in [0, 0.05) is 22.4 Å². The van der Waals surface area contributed by atoms with Gasteiger partial charge in [0.25, 0.3) is 5.56 Å². The molecule has 44 heavy (non-hydrogen) atoms. The number of benzene rings is 2. The topological polar surface area (TPSA) is 217 Å². The average Bonchev–Trinajstić information content (AvgIpc) is 3.24. The molecule has 4 aromatic rings. The Morgan fingerprint density at radius 1 is 1.00 bits per heavy atom. The third-order valence-electron chi connectivity index (χ3n) is 5.32. The van der Waals surface area contributed by atoms with Crippen molar-refractivity contribution in [1.82, 2.24) is 19.7 Å². The van der Waals surface area contributed by atoms with E-state index < -0.39 is 20.6 Å². The number of aromatic amines is 1. The van der Waals surface area contributed by atoms with Crippen molar-refractivity contribution in [3.05, 3.63) is 69.2 Å². The monoisotopic (exact) mass is 701 g/mol. The summed E-state index contributed by atoms with van der Waals surface area (Å²) in [6.07, 6.45) is 0.951. The van der Waals surface area contributed by atoms with E-state index in [4.69, 9.17) is 11.6 Å². The average molecular weight is 702 g/mol. The van der Waals surface area contributed by atoms with E-state index in [-0.39, 0.29) is 86.4 Å². The van der Waals surface area contributed by atoms with Crippen molar-refractivity contribution in [3.63, 3.8) is 0 Å². The van der Waals surface area contributed by atoms with E-state index in [0.717, 1.165) is 6.26 Å². The zero-order valence-corrected chi connectivity index (χ0v) is 30.8. The van der Waals surface area contributed by atoms with Crippen LogP contribution in [0.3, 0.4) is 0 Å². The minimum atomic E-state index is -3.75. The van der Waals surface area contributed by atoms with Gasteiger partial charge in [-0.05, 0) is 56.3 Å². The number of halogens is 1. The first-order valence-electron chi connectivity index (χ1n) is 11.3. The third-order valence-corrected chi connectivity index (χ3v) is 7.75. The van der Waals surface area contributed by atoms with E-state index in [1.54, 1.807) is 44.2 Å². The SMILES string of the molecule is Cc1[nH]n(-c2ccc(SOO[O-])cc2)c(=O)c1N=Nc1ccc(Nc2nc(S(C)(=O)=O)nc(Cl)c2C)cc1SOO[O-].[Na+].[Na+]. The summed E-state index contributed by atoms with van der Waals surface area (Å²) in [5.74, 6) is 0.128. The van der Waals surface area contributed by atoms with E-state index in [1.165, 1.54) is 16.8 Å². The van der Waals surface area contributed by atoms with Gasteiger partial charge >= 0.3 is 59.1 Å². The number of aryl methyl sites for hydroxylation is 1. The zero-order valence-electron chi connectivity index (χ0n) is 23.6. The molecule has 0 spiro atoms. The van der Waals surface area contributed by atoms with Gasteiger partial charge in [-0.15, -0.1) is 10.2 Å². The molecule has 16 nitrogen and oxygen atoms in total. The molecule has 2 aromatic carbocycles. The molecule has 2 aromatic heterocycles. The fourth-order valence-electron chi connectivity index (χ4n) is 3.33. The molecular formula is C22H18ClN7Na2O9S3. The van der Waals surface area contributed by atoms with Crippen LogP contribution in [-0.2, 0) is 28.6 Å². The molecule has 0 aliphatic carbocycles. The van der Waals surface area contributed by atoms with Gasteiger partial charge in [-0.2, -0.15) is 8.67 Å². The molecule has 0 saturated heterocycles. The molecule has 0 aliphatic rings. The second-order valence-corrected chi connectivity index (χ2v) is 12.0. The van der Waals surface area contributed by atoms with Crippen LogP contribution in [0.25, 0.3) is 5.69 Å². The molecule has 2 N–H and O–H groups in total. The number of rotatable bonds is 12. The number of aromatic nitrogens is 4. The summed E-state index contributed by atoms with van der Waals surface area (Å²) >= 11 is 7.33. The minimum absolute atomic E-state index is 0. The second kappa shape index (κ2) is 17.5. The Kier molecular flexibility index (Phi) is 15.5. The number of anilines is 2. The van der Waals surface area contributed by atoms with Crippen molar-refractivity contribution < 1.29 is 96.8 Å². The van der Waals surface area contributed by atoms with E-state index in [1.807, 2.05) is 0 Å². The Balaban J connectivity index is 0.00000337. The zero-order chi connectivity index (χ0) is 30.4. The van der Waals surface area contributed by atoms with Gasteiger partial charge < -0.3 is 15.8 Å².